The average molecular weight is 286 g/mol. The molecule has 1 aromatic carbocycles. The van der Waals surface area contributed by atoms with Gasteiger partial charge in [0.05, 0.1) is 10.7 Å². The van der Waals surface area contributed by atoms with Gasteiger partial charge in [-0.05, 0) is 37.6 Å². The highest BCUT2D eigenvalue weighted by Gasteiger charge is 2.10. The van der Waals surface area contributed by atoms with Gasteiger partial charge in [-0.2, -0.15) is 0 Å². The molecular weight excluding hydrogens is 270 g/mol. The zero-order chi connectivity index (χ0) is 14.1. The maximum atomic E-state index is 6.04. The van der Waals surface area contributed by atoms with Gasteiger partial charge in [0.15, 0.2) is 0 Å². The summed E-state index contributed by atoms with van der Waals surface area (Å²) in [6.07, 6.45) is 2.80. The fraction of sp³-hybridized carbons (Fsp3) is 0.188. The van der Waals surface area contributed by atoms with E-state index >= 15 is 0 Å². The quantitative estimate of drug-likeness (QED) is 0.801. The van der Waals surface area contributed by atoms with E-state index in [0.717, 1.165) is 29.0 Å². The highest BCUT2D eigenvalue weighted by Crippen LogP contribution is 2.25. The number of pyridine rings is 1. The molecule has 0 fully saturated rings. The number of halogens is 1. The monoisotopic (exact) mass is 285 g/mol. The number of fused-ring (bicyclic) bond motifs is 1. The summed E-state index contributed by atoms with van der Waals surface area (Å²) in [6, 6.07) is 12.2. The molecule has 0 aliphatic rings. The number of hydrogen-bond donors (Lipinski definition) is 1. The first kappa shape index (κ1) is 13.2. The van der Waals surface area contributed by atoms with Crippen molar-refractivity contribution in [3.8, 4) is 11.3 Å². The molecule has 3 aromatic rings. The molecule has 0 saturated heterocycles. The topological polar surface area (TPSA) is 43.3 Å². The van der Waals surface area contributed by atoms with Gasteiger partial charge in [-0.15, -0.1) is 0 Å². The van der Waals surface area contributed by atoms with Gasteiger partial charge < -0.3 is 10.1 Å². The number of hydrogen-bond acceptors (Lipinski definition) is 2. The minimum Gasteiger partial charge on any atom is -0.330 e. The van der Waals surface area contributed by atoms with Crippen molar-refractivity contribution in [3.63, 3.8) is 0 Å². The van der Waals surface area contributed by atoms with Gasteiger partial charge >= 0.3 is 0 Å². The summed E-state index contributed by atoms with van der Waals surface area (Å²) in [7, 11) is 0. The Morgan fingerprint density at radius 3 is 2.60 bits per heavy atom. The van der Waals surface area contributed by atoms with E-state index in [1.807, 2.05) is 22.7 Å². The van der Waals surface area contributed by atoms with Crippen LogP contribution in [0, 0.1) is 6.92 Å². The maximum Gasteiger partial charge on any atom is 0.137 e. The van der Waals surface area contributed by atoms with Crippen LogP contribution in [0.15, 0.2) is 42.6 Å². The molecule has 4 heteroatoms. The number of benzene rings is 1. The Bertz CT molecular complexity index is 744. The van der Waals surface area contributed by atoms with Gasteiger partial charge in [-0.25, -0.2) is 4.98 Å². The summed E-state index contributed by atoms with van der Waals surface area (Å²) >= 11 is 6.04. The summed E-state index contributed by atoms with van der Waals surface area (Å²) in [6.45, 7) is 2.73. The molecule has 0 aliphatic carbocycles. The van der Waals surface area contributed by atoms with Gasteiger partial charge in [0.2, 0.25) is 0 Å². The second-order valence-electron chi connectivity index (χ2n) is 4.86. The zero-order valence-electron chi connectivity index (χ0n) is 11.3. The Balaban J connectivity index is 2.07. The lowest BCUT2D eigenvalue weighted by atomic mass is 10.1. The van der Waals surface area contributed by atoms with Crippen molar-refractivity contribution < 1.29 is 0 Å². The van der Waals surface area contributed by atoms with E-state index < -0.39 is 0 Å². The predicted molar refractivity (Wildman–Crippen MR) is 83.1 cm³/mol. The Kier molecular flexibility index (Phi) is 3.47. The van der Waals surface area contributed by atoms with Gasteiger partial charge in [-0.3, -0.25) is 0 Å². The van der Waals surface area contributed by atoms with Crippen LogP contribution in [-0.2, 0) is 6.42 Å². The molecule has 0 atom stereocenters. The number of rotatable bonds is 3. The average Bonchev–Trinajstić information content (AvgIpc) is 2.77. The number of aromatic nitrogens is 2. The minimum atomic E-state index is 0.672. The second-order valence-corrected chi connectivity index (χ2v) is 5.29. The molecule has 0 saturated carbocycles. The number of nitrogens with zero attached hydrogens (tertiary/aromatic N) is 2. The van der Waals surface area contributed by atoms with Crippen molar-refractivity contribution in [3.05, 3.63) is 58.9 Å². The summed E-state index contributed by atoms with van der Waals surface area (Å²) < 4.78 is 2.02. The van der Waals surface area contributed by atoms with E-state index in [9.17, 15) is 0 Å². The molecule has 3 nitrogen and oxygen atoms in total. The molecule has 2 N–H and O–H groups in total. The standard InChI is InChI=1S/C16H16ClN3/c1-11-16(13-4-2-12(3-5-13)8-9-18)19-15-7-6-14(17)10-20(11)15/h2-7,10H,8-9,18H2,1H3. The summed E-state index contributed by atoms with van der Waals surface area (Å²) in [5, 5.41) is 0.711. The largest absolute Gasteiger partial charge is 0.330 e. The fourth-order valence-corrected chi connectivity index (χ4v) is 2.57. The van der Waals surface area contributed by atoms with Crippen LogP contribution in [0.4, 0.5) is 0 Å². The van der Waals surface area contributed by atoms with Crippen LogP contribution >= 0.6 is 11.6 Å². The third-order valence-corrected chi connectivity index (χ3v) is 3.71. The van der Waals surface area contributed by atoms with E-state index in [1.54, 1.807) is 0 Å². The van der Waals surface area contributed by atoms with E-state index in [1.165, 1.54) is 5.56 Å². The van der Waals surface area contributed by atoms with Crippen molar-refractivity contribution in [1.29, 1.82) is 0 Å². The molecule has 102 valence electrons. The third-order valence-electron chi connectivity index (χ3n) is 3.48. The second kappa shape index (κ2) is 5.27. The summed E-state index contributed by atoms with van der Waals surface area (Å²) in [5.41, 5.74) is 10.9. The lowest BCUT2D eigenvalue weighted by Crippen LogP contribution is -2.02. The maximum absolute atomic E-state index is 6.04. The molecule has 0 radical (unpaired) electrons. The fourth-order valence-electron chi connectivity index (χ4n) is 2.41. The van der Waals surface area contributed by atoms with Crippen molar-refractivity contribution in [2.75, 3.05) is 6.54 Å². The van der Waals surface area contributed by atoms with Crippen LogP contribution in [0.1, 0.15) is 11.3 Å². The normalized spacial score (nSPS) is 11.2. The Hall–Kier alpha value is -1.84. The van der Waals surface area contributed by atoms with Gasteiger partial charge in [0, 0.05) is 17.5 Å². The number of aryl methyl sites for hydroxylation is 1. The molecule has 2 aromatic heterocycles. The zero-order valence-corrected chi connectivity index (χ0v) is 12.1. The molecule has 2 heterocycles. The van der Waals surface area contributed by atoms with E-state index in [2.05, 4.69) is 36.2 Å². The van der Waals surface area contributed by atoms with Gasteiger partial charge in [0.1, 0.15) is 5.65 Å². The lowest BCUT2D eigenvalue weighted by molar-refractivity contribution is 0.969. The molecule has 0 amide bonds. The van der Waals surface area contributed by atoms with Crippen molar-refractivity contribution in [2.24, 2.45) is 5.73 Å². The van der Waals surface area contributed by atoms with Crippen LogP contribution < -0.4 is 5.73 Å². The smallest absolute Gasteiger partial charge is 0.137 e. The molecule has 0 spiro atoms. The van der Waals surface area contributed by atoms with Crippen LogP contribution in [0.25, 0.3) is 16.9 Å². The SMILES string of the molecule is Cc1c(-c2ccc(CCN)cc2)nc2ccc(Cl)cn12. The van der Waals surface area contributed by atoms with E-state index in [-0.39, 0.29) is 0 Å². The van der Waals surface area contributed by atoms with Gasteiger partial charge in [0.25, 0.3) is 0 Å². The summed E-state index contributed by atoms with van der Waals surface area (Å²) in [4.78, 5) is 4.68. The first-order valence-electron chi connectivity index (χ1n) is 6.62. The van der Waals surface area contributed by atoms with Crippen LogP contribution in [-0.4, -0.2) is 15.9 Å². The molecule has 3 rings (SSSR count). The lowest BCUT2D eigenvalue weighted by Gasteiger charge is -2.02. The van der Waals surface area contributed by atoms with Crippen LogP contribution in [0.3, 0.4) is 0 Å². The highest BCUT2D eigenvalue weighted by atomic mass is 35.5. The van der Waals surface area contributed by atoms with Crippen molar-refractivity contribution in [1.82, 2.24) is 9.38 Å². The molecule has 0 aliphatic heterocycles. The number of imidazole rings is 1. The summed E-state index contributed by atoms with van der Waals surface area (Å²) in [5.74, 6) is 0. The van der Waals surface area contributed by atoms with E-state index in [0.29, 0.717) is 11.6 Å². The molecule has 20 heavy (non-hydrogen) atoms. The Morgan fingerprint density at radius 1 is 1.15 bits per heavy atom. The van der Waals surface area contributed by atoms with Crippen molar-refractivity contribution >= 4 is 17.2 Å². The first-order chi connectivity index (χ1) is 9.69. The number of nitrogens with two attached hydrogens (primary N) is 1. The first-order valence-corrected chi connectivity index (χ1v) is 7.00. The highest BCUT2D eigenvalue weighted by molar-refractivity contribution is 6.30. The predicted octanol–water partition coefficient (Wildman–Crippen LogP) is 3.46. The van der Waals surface area contributed by atoms with E-state index in [4.69, 9.17) is 17.3 Å². The molecule has 0 bridgehead atoms. The third kappa shape index (κ3) is 2.30. The van der Waals surface area contributed by atoms with Crippen molar-refractivity contribution in [2.45, 2.75) is 13.3 Å². The Morgan fingerprint density at radius 2 is 1.90 bits per heavy atom. The minimum absolute atomic E-state index is 0.672. The van der Waals surface area contributed by atoms with Gasteiger partial charge in [-0.1, -0.05) is 35.9 Å². The van der Waals surface area contributed by atoms with Crippen LogP contribution in [0.5, 0.6) is 0 Å². The Labute approximate surface area is 123 Å². The van der Waals surface area contributed by atoms with Crippen LogP contribution in [0.2, 0.25) is 5.02 Å². The molecular formula is C16H16ClN3. The molecule has 0 unspecified atom stereocenters.